The largest absolute Gasteiger partial charge is 0.360 e. The van der Waals surface area contributed by atoms with Crippen molar-refractivity contribution in [3.05, 3.63) is 11.8 Å². The maximum atomic E-state index is 12.3. The Morgan fingerprint density at radius 3 is 2.77 bits per heavy atom. The Balaban J connectivity index is 1.84. The zero-order chi connectivity index (χ0) is 15.9. The quantitative estimate of drug-likeness (QED) is 0.712. The number of rotatable bonds is 9. The average Bonchev–Trinajstić information content (AvgIpc) is 3.20. The standard InChI is InChI=1S/C16H25N3O3/c1-3-4-5-6-16(21)19(10-13-7-8-13)11-15(20)17-14-9-12(2)22-18-14/h9,13H,3-8,10-11H2,1-2H3,(H,17,18,20). The fourth-order valence-electron chi connectivity index (χ4n) is 2.33. The van der Waals surface area contributed by atoms with Crippen LogP contribution in [0, 0.1) is 12.8 Å². The molecule has 0 spiro atoms. The molecule has 2 amide bonds. The Labute approximate surface area is 131 Å². The van der Waals surface area contributed by atoms with Gasteiger partial charge in [0.05, 0.1) is 6.54 Å². The molecular formula is C16H25N3O3. The molecule has 1 heterocycles. The number of aromatic nitrogens is 1. The van der Waals surface area contributed by atoms with Crippen LogP contribution in [0.15, 0.2) is 10.6 Å². The Hall–Kier alpha value is -1.85. The van der Waals surface area contributed by atoms with E-state index in [2.05, 4.69) is 17.4 Å². The van der Waals surface area contributed by atoms with E-state index >= 15 is 0 Å². The van der Waals surface area contributed by atoms with Gasteiger partial charge in [-0.3, -0.25) is 9.59 Å². The van der Waals surface area contributed by atoms with Crippen LogP contribution in [0.2, 0.25) is 0 Å². The molecule has 1 aromatic rings. The van der Waals surface area contributed by atoms with Crippen LogP contribution < -0.4 is 5.32 Å². The molecule has 0 saturated heterocycles. The summed E-state index contributed by atoms with van der Waals surface area (Å²) in [4.78, 5) is 26.1. The van der Waals surface area contributed by atoms with Crippen molar-refractivity contribution in [2.24, 2.45) is 5.92 Å². The molecule has 0 atom stereocenters. The van der Waals surface area contributed by atoms with E-state index < -0.39 is 0 Å². The maximum absolute atomic E-state index is 12.3. The van der Waals surface area contributed by atoms with Crippen LogP contribution in [-0.2, 0) is 9.59 Å². The Morgan fingerprint density at radius 2 is 2.18 bits per heavy atom. The average molecular weight is 307 g/mol. The number of nitrogens with zero attached hydrogens (tertiary/aromatic N) is 2. The van der Waals surface area contributed by atoms with E-state index in [1.165, 1.54) is 0 Å². The molecule has 1 aliphatic rings. The molecule has 22 heavy (non-hydrogen) atoms. The third kappa shape index (κ3) is 5.50. The van der Waals surface area contributed by atoms with Gasteiger partial charge in [0.25, 0.3) is 0 Å². The Bertz CT molecular complexity index is 508. The first-order chi connectivity index (χ1) is 10.6. The van der Waals surface area contributed by atoms with Crippen molar-refractivity contribution in [2.75, 3.05) is 18.4 Å². The van der Waals surface area contributed by atoms with E-state index in [0.29, 0.717) is 30.5 Å². The lowest BCUT2D eigenvalue weighted by Crippen LogP contribution is -2.39. The van der Waals surface area contributed by atoms with Gasteiger partial charge in [-0.05, 0) is 32.1 Å². The molecule has 1 saturated carbocycles. The second kappa shape index (κ2) is 7.96. The molecule has 1 N–H and O–H groups in total. The number of carbonyl (C=O) groups excluding carboxylic acids is 2. The van der Waals surface area contributed by atoms with Gasteiger partial charge in [-0.1, -0.05) is 24.9 Å². The minimum Gasteiger partial charge on any atom is -0.360 e. The van der Waals surface area contributed by atoms with Gasteiger partial charge in [0.1, 0.15) is 5.76 Å². The number of aryl methyl sites for hydroxylation is 1. The highest BCUT2D eigenvalue weighted by Crippen LogP contribution is 2.30. The number of unbranched alkanes of at least 4 members (excludes halogenated alkanes) is 2. The summed E-state index contributed by atoms with van der Waals surface area (Å²) in [5, 5.41) is 6.40. The molecule has 0 unspecified atom stereocenters. The van der Waals surface area contributed by atoms with Crippen LogP contribution in [-0.4, -0.2) is 35.0 Å². The lowest BCUT2D eigenvalue weighted by molar-refractivity contribution is -0.135. The van der Waals surface area contributed by atoms with Crippen molar-refractivity contribution in [2.45, 2.75) is 52.4 Å². The lowest BCUT2D eigenvalue weighted by Gasteiger charge is -2.22. The molecule has 6 nitrogen and oxygen atoms in total. The number of carbonyl (C=O) groups is 2. The second-order valence-corrected chi connectivity index (χ2v) is 6.05. The van der Waals surface area contributed by atoms with Crippen LogP contribution in [0.1, 0.15) is 51.2 Å². The van der Waals surface area contributed by atoms with Crippen LogP contribution in [0.4, 0.5) is 5.82 Å². The fraction of sp³-hybridized carbons (Fsp3) is 0.688. The van der Waals surface area contributed by atoms with Crippen LogP contribution in [0.25, 0.3) is 0 Å². The highest BCUT2D eigenvalue weighted by molar-refractivity contribution is 5.93. The van der Waals surface area contributed by atoms with Gasteiger partial charge >= 0.3 is 0 Å². The summed E-state index contributed by atoms with van der Waals surface area (Å²) < 4.78 is 4.91. The summed E-state index contributed by atoms with van der Waals surface area (Å²) in [7, 11) is 0. The molecule has 0 aliphatic heterocycles. The van der Waals surface area contributed by atoms with Gasteiger partial charge in [-0.15, -0.1) is 0 Å². The molecule has 1 aromatic heterocycles. The van der Waals surface area contributed by atoms with Crippen molar-refractivity contribution < 1.29 is 14.1 Å². The second-order valence-electron chi connectivity index (χ2n) is 6.05. The zero-order valence-corrected chi connectivity index (χ0v) is 13.4. The van der Waals surface area contributed by atoms with Crippen LogP contribution in [0.5, 0.6) is 0 Å². The van der Waals surface area contributed by atoms with E-state index in [1.807, 2.05) is 0 Å². The van der Waals surface area contributed by atoms with Crippen LogP contribution >= 0.6 is 0 Å². The number of nitrogens with one attached hydrogen (secondary N) is 1. The zero-order valence-electron chi connectivity index (χ0n) is 13.4. The summed E-state index contributed by atoms with van der Waals surface area (Å²) in [6.45, 7) is 4.66. The van der Waals surface area contributed by atoms with Crippen molar-refractivity contribution in [3.63, 3.8) is 0 Å². The lowest BCUT2D eigenvalue weighted by atomic mass is 10.2. The molecule has 1 fully saturated rings. The van der Waals surface area contributed by atoms with Crippen molar-refractivity contribution in [1.29, 1.82) is 0 Å². The SMILES string of the molecule is CCCCCC(=O)N(CC(=O)Nc1cc(C)on1)CC1CC1. The first kappa shape index (κ1) is 16.5. The van der Waals surface area contributed by atoms with Gasteiger partial charge in [-0.2, -0.15) is 0 Å². The molecule has 6 heteroatoms. The highest BCUT2D eigenvalue weighted by atomic mass is 16.5. The molecule has 2 rings (SSSR count). The van der Waals surface area contributed by atoms with Crippen molar-refractivity contribution in [3.8, 4) is 0 Å². The van der Waals surface area contributed by atoms with Gasteiger partial charge < -0.3 is 14.7 Å². The molecule has 0 radical (unpaired) electrons. The topological polar surface area (TPSA) is 75.4 Å². The monoisotopic (exact) mass is 307 g/mol. The maximum Gasteiger partial charge on any atom is 0.245 e. The number of hydrogen-bond acceptors (Lipinski definition) is 4. The minimum atomic E-state index is -0.224. The normalized spacial score (nSPS) is 13.9. The summed E-state index contributed by atoms with van der Waals surface area (Å²) in [5.41, 5.74) is 0. The van der Waals surface area contributed by atoms with Crippen molar-refractivity contribution >= 4 is 17.6 Å². The predicted octanol–water partition coefficient (Wildman–Crippen LogP) is 2.74. The van der Waals surface area contributed by atoms with Crippen molar-refractivity contribution in [1.82, 2.24) is 10.1 Å². The Kier molecular flexibility index (Phi) is 5.98. The van der Waals surface area contributed by atoms with E-state index in [1.54, 1.807) is 17.9 Å². The number of hydrogen-bond donors (Lipinski definition) is 1. The summed E-state index contributed by atoms with van der Waals surface area (Å²) >= 11 is 0. The number of amides is 2. The third-order valence-electron chi connectivity index (χ3n) is 3.75. The summed E-state index contributed by atoms with van der Waals surface area (Å²) in [6, 6.07) is 1.66. The summed E-state index contributed by atoms with van der Waals surface area (Å²) in [5.74, 6) is 1.45. The fourth-order valence-corrected chi connectivity index (χ4v) is 2.33. The summed E-state index contributed by atoms with van der Waals surface area (Å²) in [6.07, 6.45) is 5.86. The Morgan fingerprint density at radius 1 is 1.41 bits per heavy atom. The third-order valence-corrected chi connectivity index (χ3v) is 3.75. The smallest absolute Gasteiger partial charge is 0.245 e. The molecule has 1 aliphatic carbocycles. The van der Waals surface area contributed by atoms with E-state index in [0.717, 1.165) is 32.1 Å². The molecule has 0 bridgehead atoms. The molecule has 0 aromatic carbocycles. The van der Waals surface area contributed by atoms with E-state index in [4.69, 9.17) is 4.52 Å². The molecular weight excluding hydrogens is 282 g/mol. The van der Waals surface area contributed by atoms with E-state index in [9.17, 15) is 9.59 Å². The molecule has 122 valence electrons. The minimum absolute atomic E-state index is 0.0758. The van der Waals surface area contributed by atoms with Gasteiger partial charge in [0.15, 0.2) is 5.82 Å². The van der Waals surface area contributed by atoms with Gasteiger partial charge in [0.2, 0.25) is 11.8 Å². The predicted molar refractivity (Wildman–Crippen MR) is 83.3 cm³/mol. The van der Waals surface area contributed by atoms with Gasteiger partial charge in [-0.25, -0.2) is 0 Å². The van der Waals surface area contributed by atoms with Crippen LogP contribution in [0.3, 0.4) is 0 Å². The number of anilines is 1. The first-order valence-electron chi connectivity index (χ1n) is 8.09. The first-order valence-corrected chi connectivity index (χ1v) is 8.09. The highest BCUT2D eigenvalue weighted by Gasteiger charge is 2.27. The van der Waals surface area contributed by atoms with Gasteiger partial charge in [0, 0.05) is 19.0 Å². The van der Waals surface area contributed by atoms with E-state index in [-0.39, 0.29) is 18.4 Å².